The van der Waals surface area contributed by atoms with Crippen LogP contribution in [0.25, 0.3) is 0 Å². The number of ether oxygens (including phenoxy) is 2. The van der Waals surface area contributed by atoms with Crippen molar-refractivity contribution in [2.75, 3.05) is 27.3 Å². The second-order valence-electron chi connectivity index (χ2n) is 4.46. The lowest BCUT2D eigenvalue weighted by molar-refractivity contribution is -0.182. The number of nitrogens with zero attached hydrogens (tertiary/aromatic N) is 1. The van der Waals surface area contributed by atoms with Crippen LogP contribution >= 0.6 is 11.3 Å². The first kappa shape index (κ1) is 15.6. The summed E-state index contributed by atoms with van der Waals surface area (Å²) in [5.41, 5.74) is 5.64. The van der Waals surface area contributed by atoms with Gasteiger partial charge in [-0.3, -0.25) is 4.90 Å². The molecule has 0 amide bonds. The molecule has 5 heteroatoms. The van der Waals surface area contributed by atoms with Gasteiger partial charge >= 0.3 is 0 Å². The first-order valence-electron chi connectivity index (χ1n) is 6.15. The Morgan fingerprint density at radius 1 is 1.44 bits per heavy atom. The van der Waals surface area contributed by atoms with E-state index in [1.54, 1.807) is 25.6 Å². The lowest BCUT2D eigenvalue weighted by Crippen LogP contribution is -2.59. The number of hydrogen-bond acceptors (Lipinski definition) is 5. The number of thiophene rings is 1. The van der Waals surface area contributed by atoms with Crippen LogP contribution in [0.5, 0.6) is 0 Å². The molecule has 0 fully saturated rings. The van der Waals surface area contributed by atoms with Crippen LogP contribution in [0.4, 0.5) is 0 Å². The molecule has 1 unspecified atom stereocenters. The standard InChI is InChI=1S/C13H24N2O2S/c1-5-15(9-11-7-6-8-18-11)13(2,10-14)12(16-3)17-4/h6-8,12H,5,9-10,14H2,1-4H3. The Balaban J connectivity index is 2.87. The third kappa shape index (κ3) is 3.30. The molecule has 104 valence electrons. The summed E-state index contributed by atoms with van der Waals surface area (Å²) in [4.78, 5) is 3.62. The minimum Gasteiger partial charge on any atom is -0.354 e. The molecule has 0 spiro atoms. The van der Waals surface area contributed by atoms with E-state index in [0.29, 0.717) is 6.54 Å². The Labute approximate surface area is 114 Å². The second kappa shape index (κ2) is 7.21. The van der Waals surface area contributed by atoms with Crippen molar-refractivity contribution in [3.05, 3.63) is 22.4 Å². The van der Waals surface area contributed by atoms with E-state index in [1.165, 1.54) is 4.88 Å². The van der Waals surface area contributed by atoms with E-state index in [0.717, 1.165) is 13.1 Å². The number of nitrogens with two attached hydrogens (primary N) is 1. The molecule has 0 saturated carbocycles. The molecule has 1 atom stereocenters. The second-order valence-corrected chi connectivity index (χ2v) is 5.49. The van der Waals surface area contributed by atoms with E-state index in [-0.39, 0.29) is 11.8 Å². The fourth-order valence-corrected chi connectivity index (χ4v) is 2.94. The van der Waals surface area contributed by atoms with Gasteiger partial charge in [-0.05, 0) is 24.9 Å². The molecule has 0 aliphatic heterocycles. The lowest BCUT2D eigenvalue weighted by Gasteiger charge is -2.43. The predicted molar refractivity (Wildman–Crippen MR) is 75.7 cm³/mol. The Hall–Kier alpha value is -0.460. The summed E-state index contributed by atoms with van der Waals surface area (Å²) in [6, 6.07) is 4.20. The Bertz CT molecular complexity index is 328. The highest BCUT2D eigenvalue weighted by Crippen LogP contribution is 2.25. The highest BCUT2D eigenvalue weighted by molar-refractivity contribution is 7.09. The van der Waals surface area contributed by atoms with Crippen molar-refractivity contribution in [3.63, 3.8) is 0 Å². The summed E-state index contributed by atoms with van der Waals surface area (Å²) in [6.45, 7) is 6.46. The molecule has 0 saturated heterocycles. The van der Waals surface area contributed by atoms with Crippen molar-refractivity contribution in [3.8, 4) is 0 Å². The molecule has 1 aromatic heterocycles. The molecule has 0 radical (unpaired) electrons. The van der Waals surface area contributed by atoms with Crippen LogP contribution in [0.1, 0.15) is 18.7 Å². The average Bonchev–Trinajstić information content (AvgIpc) is 2.89. The maximum Gasteiger partial charge on any atom is 0.176 e. The van der Waals surface area contributed by atoms with E-state index in [1.807, 2.05) is 0 Å². The minimum atomic E-state index is -0.331. The fraction of sp³-hybridized carbons (Fsp3) is 0.692. The molecule has 2 N–H and O–H groups in total. The third-order valence-electron chi connectivity index (χ3n) is 3.38. The fourth-order valence-electron chi connectivity index (χ4n) is 2.22. The minimum absolute atomic E-state index is 0.331. The van der Waals surface area contributed by atoms with Crippen molar-refractivity contribution in [1.29, 1.82) is 0 Å². The van der Waals surface area contributed by atoms with Crippen LogP contribution in [0.2, 0.25) is 0 Å². The number of methoxy groups -OCH3 is 2. The maximum atomic E-state index is 5.97. The molecule has 0 aliphatic rings. The molecule has 1 heterocycles. The predicted octanol–water partition coefficient (Wildman–Crippen LogP) is 1.91. The largest absolute Gasteiger partial charge is 0.354 e. The quantitative estimate of drug-likeness (QED) is 0.734. The van der Waals surface area contributed by atoms with Crippen molar-refractivity contribution < 1.29 is 9.47 Å². The molecule has 18 heavy (non-hydrogen) atoms. The zero-order valence-electron chi connectivity index (χ0n) is 11.7. The zero-order valence-corrected chi connectivity index (χ0v) is 12.5. The van der Waals surface area contributed by atoms with Gasteiger partial charge in [0, 0.05) is 32.2 Å². The molecule has 4 nitrogen and oxygen atoms in total. The van der Waals surface area contributed by atoms with Crippen LogP contribution in [0, 0.1) is 0 Å². The molecule has 0 aliphatic carbocycles. The third-order valence-corrected chi connectivity index (χ3v) is 4.24. The molecule has 0 bridgehead atoms. The lowest BCUT2D eigenvalue weighted by atomic mass is 9.98. The summed E-state index contributed by atoms with van der Waals surface area (Å²) in [6.07, 6.45) is -0.331. The van der Waals surface area contributed by atoms with Crippen LogP contribution in [0.3, 0.4) is 0 Å². The van der Waals surface area contributed by atoms with Gasteiger partial charge in [0.2, 0.25) is 0 Å². The Morgan fingerprint density at radius 2 is 2.11 bits per heavy atom. The van der Waals surface area contributed by atoms with E-state index < -0.39 is 0 Å². The van der Waals surface area contributed by atoms with Gasteiger partial charge in [0.15, 0.2) is 6.29 Å². The first-order valence-corrected chi connectivity index (χ1v) is 7.03. The van der Waals surface area contributed by atoms with Gasteiger partial charge < -0.3 is 15.2 Å². The molecule has 1 aromatic rings. The van der Waals surface area contributed by atoms with E-state index in [9.17, 15) is 0 Å². The summed E-state index contributed by atoms with van der Waals surface area (Å²) in [5.74, 6) is 0. The summed E-state index contributed by atoms with van der Waals surface area (Å²) < 4.78 is 10.8. The topological polar surface area (TPSA) is 47.7 Å². The highest BCUT2D eigenvalue weighted by Gasteiger charge is 2.38. The SMILES string of the molecule is CCN(Cc1cccs1)C(C)(CN)C(OC)OC. The summed E-state index contributed by atoms with van der Waals surface area (Å²) in [5, 5.41) is 2.09. The average molecular weight is 272 g/mol. The Kier molecular flexibility index (Phi) is 6.25. The van der Waals surface area contributed by atoms with E-state index in [4.69, 9.17) is 15.2 Å². The smallest absolute Gasteiger partial charge is 0.176 e. The maximum absolute atomic E-state index is 5.97. The monoisotopic (exact) mass is 272 g/mol. The van der Waals surface area contributed by atoms with E-state index >= 15 is 0 Å². The summed E-state index contributed by atoms with van der Waals surface area (Å²) in [7, 11) is 3.31. The number of hydrogen-bond donors (Lipinski definition) is 1. The molecular weight excluding hydrogens is 248 g/mol. The van der Waals surface area contributed by atoms with Crippen LogP contribution in [-0.2, 0) is 16.0 Å². The zero-order chi connectivity index (χ0) is 13.6. The van der Waals surface area contributed by atoms with Gasteiger partial charge in [-0.25, -0.2) is 0 Å². The van der Waals surface area contributed by atoms with Crippen molar-refractivity contribution in [2.24, 2.45) is 5.73 Å². The van der Waals surface area contributed by atoms with Crippen LogP contribution in [-0.4, -0.2) is 44.0 Å². The first-order chi connectivity index (χ1) is 8.62. The number of rotatable bonds is 8. The molecule has 0 aromatic carbocycles. The van der Waals surface area contributed by atoms with Gasteiger partial charge in [0.05, 0.1) is 5.54 Å². The Morgan fingerprint density at radius 3 is 2.50 bits per heavy atom. The molecular formula is C13H24N2O2S. The van der Waals surface area contributed by atoms with Crippen LogP contribution < -0.4 is 5.73 Å². The van der Waals surface area contributed by atoms with Gasteiger partial charge in [0.1, 0.15) is 0 Å². The number of likely N-dealkylation sites (N-methyl/N-ethyl adjacent to an activating group) is 1. The van der Waals surface area contributed by atoms with Crippen molar-refractivity contribution in [2.45, 2.75) is 32.2 Å². The van der Waals surface area contributed by atoms with Crippen molar-refractivity contribution in [1.82, 2.24) is 4.90 Å². The highest BCUT2D eigenvalue weighted by atomic mass is 32.1. The van der Waals surface area contributed by atoms with Gasteiger partial charge in [-0.15, -0.1) is 11.3 Å². The summed E-state index contributed by atoms with van der Waals surface area (Å²) >= 11 is 1.76. The molecule has 1 rings (SSSR count). The van der Waals surface area contributed by atoms with Gasteiger partial charge in [-0.1, -0.05) is 13.0 Å². The van der Waals surface area contributed by atoms with Gasteiger partial charge in [-0.2, -0.15) is 0 Å². The van der Waals surface area contributed by atoms with E-state index in [2.05, 4.69) is 36.3 Å². The van der Waals surface area contributed by atoms with Crippen LogP contribution in [0.15, 0.2) is 17.5 Å². The van der Waals surface area contributed by atoms with Gasteiger partial charge in [0.25, 0.3) is 0 Å². The van der Waals surface area contributed by atoms with Crippen molar-refractivity contribution >= 4 is 11.3 Å². The normalized spacial score (nSPS) is 15.3.